The van der Waals surface area contributed by atoms with E-state index in [4.69, 9.17) is 20.6 Å². The molecule has 0 saturated carbocycles. The van der Waals surface area contributed by atoms with Gasteiger partial charge in [-0.2, -0.15) is 0 Å². The van der Waals surface area contributed by atoms with Gasteiger partial charge in [0.05, 0.1) is 6.10 Å². The van der Waals surface area contributed by atoms with Crippen molar-refractivity contribution in [3.63, 3.8) is 0 Å². The summed E-state index contributed by atoms with van der Waals surface area (Å²) in [6.07, 6.45) is -1.06. The third-order valence-electron chi connectivity index (χ3n) is 2.94. The van der Waals surface area contributed by atoms with E-state index in [1.54, 1.807) is 0 Å². The second-order valence-corrected chi connectivity index (χ2v) is 10.1. The first kappa shape index (κ1) is 15.4. The zero-order valence-electron chi connectivity index (χ0n) is 10.9. The first-order valence-corrected chi connectivity index (χ1v) is 8.31. The second-order valence-electron chi connectivity index (χ2n) is 5.37. The van der Waals surface area contributed by atoms with Crippen molar-refractivity contribution in [1.29, 1.82) is 0 Å². The maximum atomic E-state index is 10.5. The molecule has 96 valence electrons. The van der Waals surface area contributed by atoms with Crippen LogP contribution in [0, 0.1) is 0 Å². The van der Waals surface area contributed by atoms with E-state index >= 15 is 0 Å². The lowest BCUT2D eigenvalue weighted by molar-refractivity contribution is 0.0835. The average Bonchev–Trinajstić information content (AvgIpc) is 2.09. The fourth-order valence-electron chi connectivity index (χ4n) is 0.919. The lowest BCUT2D eigenvalue weighted by Gasteiger charge is -2.38. The minimum atomic E-state index is -1.87. The van der Waals surface area contributed by atoms with Crippen molar-refractivity contribution in [3.05, 3.63) is 0 Å². The predicted octanol–water partition coefficient (Wildman–Crippen LogP) is 1.43. The molecule has 4 N–H and O–H groups in total. The molecule has 0 fully saturated rings. The van der Waals surface area contributed by atoms with Crippen molar-refractivity contribution in [2.45, 2.75) is 45.0 Å². The Morgan fingerprint density at radius 3 is 2.19 bits per heavy atom. The Balaban J connectivity index is 4.36. The highest BCUT2D eigenvalue weighted by molar-refractivity contribution is 6.74. The number of carbonyl (C=O) groups is 1. The average molecular weight is 248 g/mol. The van der Waals surface area contributed by atoms with Crippen LogP contribution in [-0.4, -0.2) is 33.7 Å². The van der Waals surface area contributed by atoms with Crippen molar-refractivity contribution in [2.75, 3.05) is 13.2 Å². The lowest BCUT2D eigenvalue weighted by atomic mass is 10.2. The van der Waals surface area contributed by atoms with E-state index in [2.05, 4.69) is 33.9 Å². The van der Waals surface area contributed by atoms with Crippen LogP contribution in [0.3, 0.4) is 0 Å². The van der Waals surface area contributed by atoms with Crippen LogP contribution in [0.4, 0.5) is 4.79 Å². The molecule has 0 bridgehead atoms. The van der Waals surface area contributed by atoms with E-state index in [9.17, 15) is 4.79 Å². The van der Waals surface area contributed by atoms with Gasteiger partial charge in [0.1, 0.15) is 6.61 Å². The summed E-state index contributed by atoms with van der Waals surface area (Å²) < 4.78 is 10.7. The van der Waals surface area contributed by atoms with Gasteiger partial charge in [-0.25, -0.2) is 4.79 Å². The number of nitrogens with two attached hydrogens (primary N) is 2. The minimum absolute atomic E-state index is 0.104. The Morgan fingerprint density at radius 2 is 1.88 bits per heavy atom. The molecule has 0 rings (SSSR count). The van der Waals surface area contributed by atoms with Gasteiger partial charge in [0, 0.05) is 6.54 Å². The molecular weight excluding hydrogens is 224 g/mol. The largest absolute Gasteiger partial charge is 0.447 e. The van der Waals surface area contributed by atoms with Crippen molar-refractivity contribution in [1.82, 2.24) is 0 Å². The van der Waals surface area contributed by atoms with E-state index < -0.39 is 14.4 Å². The standard InChI is InChI=1S/C10H24N2O3Si/c1-10(2,3)16(4,5)15-8(6-11)7-14-9(12)13/h8H,6-7,11H2,1-5H3,(H2,12,13). The highest BCUT2D eigenvalue weighted by Crippen LogP contribution is 2.37. The molecule has 16 heavy (non-hydrogen) atoms. The Kier molecular flexibility index (Phi) is 5.44. The number of hydrogen-bond donors (Lipinski definition) is 2. The molecule has 0 radical (unpaired) electrons. The third-order valence-corrected chi connectivity index (χ3v) is 7.48. The van der Waals surface area contributed by atoms with Crippen LogP contribution < -0.4 is 11.5 Å². The monoisotopic (exact) mass is 248 g/mol. The van der Waals surface area contributed by atoms with Gasteiger partial charge in [-0.05, 0) is 18.1 Å². The molecule has 0 aliphatic rings. The Labute approximate surface area is 98.6 Å². The summed E-state index contributed by atoms with van der Waals surface area (Å²) in [7, 11) is -1.87. The molecule has 0 aromatic carbocycles. The second kappa shape index (κ2) is 5.65. The van der Waals surface area contributed by atoms with Crippen molar-refractivity contribution in [3.8, 4) is 0 Å². The van der Waals surface area contributed by atoms with Crippen LogP contribution in [0.2, 0.25) is 18.1 Å². The fourth-order valence-corrected chi connectivity index (χ4v) is 2.27. The van der Waals surface area contributed by atoms with Gasteiger partial charge in [-0.3, -0.25) is 0 Å². The SMILES string of the molecule is CC(C)(C)[Si](C)(C)OC(CN)COC(N)=O. The molecule has 1 unspecified atom stereocenters. The number of carbonyl (C=O) groups excluding carboxylic acids is 1. The maximum absolute atomic E-state index is 10.5. The predicted molar refractivity (Wildman–Crippen MR) is 66.7 cm³/mol. The van der Waals surface area contributed by atoms with Crippen LogP contribution in [0.5, 0.6) is 0 Å². The normalized spacial score (nSPS) is 14.6. The Bertz CT molecular complexity index is 239. The minimum Gasteiger partial charge on any atom is -0.447 e. The van der Waals surface area contributed by atoms with Crippen LogP contribution in [0.1, 0.15) is 20.8 Å². The highest BCUT2D eigenvalue weighted by Gasteiger charge is 2.39. The summed E-state index contributed by atoms with van der Waals surface area (Å²) in [6.45, 7) is 11.1. The fraction of sp³-hybridized carbons (Fsp3) is 0.900. The van der Waals surface area contributed by atoms with Gasteiger partial charge in [0.15, 0.2) is 8.32 Å². The quantitative estimate of drug-likeness (QED) is 0.720. The molecule has 1 atom stereocenters. The summed E-state index contributed by atoms with van der Waals surface area (Å²) in [5.41, 5.74) is 10.5. The highest BCUT2D eigenvalue weighted by atomic mass is 28.4. The molecular formula is C10H24N2O3Si. The maximum Gasteiger partial charge on any atom is 0.404 e. The van der Waals surface area contributed by atoms with Gasteiger partial charge in [-0.15, -0.1) is 0 Å². The number of ether oxygens (including phenoxy) is 1. The van der Waals surface area contributed by atoms with Crippen LogP contribution in [0.15, 0.2) is 0 Å². The third kappa shape index (κ3) is 4.96. The van der Waals surface area contributed by atoms with Gasteiger partial charge in [0.2, 0.25) is 0 Å². The molecule has 0 heterocycles. The molecule has 0 aliphatic heterocycles. The van der Waals surface area contributed by atoms with Crippen molar-refractivity contribution >= 4 is 14.4 Å². The summed E-state index contributed by atoms with van der Waals surface area (Å²) in [5, 5.41) is 0.104. The molecule has 0 aliphatic carbocycles. The van der Waals surface area contributed by atoms with E-state index in [1.807, 2.05) is 0 Å². The number of primary amides is 1. The molecule has 6 heteroatoms. The van der Waals surface area contributed by atoms with Crippen LogP contribution in [-0.2, 0) is 9.16 Å². The first-order chi connectivity index (χ1) is 7.10. The molecule has 0 saturated heterocycles. The van der Waals surface area contributed by atoms with Gasteiger partial charge < -0.3 is 20.6 Å². The number of hydrogen-bond acceptors (Lipinski definition) is 4. The Hall–Kier alpha value is -0.593. The van der Waals surface area contributed by atoms with Crippen molar-refractivity contribution in [2.24, 2.45) is 11.5 Å². The summed E-state index contributed by atoms with van der Waals surface area (Å²) in [6, 6.07) is 0. The van der Waals surface area contributed by atoms with Crippen LogP contribution in [0.25, 0.3) is 0 Å². The molecule has 0 aromatic heterocycles. The zero-order chi connectivity index (χ0) is 13.0. The smallest absolute Gasteiger partial charge is 0.404 e. The summed E-state index contributed by atoms with van der Waals surface area (Å²) in [5.74, 6) is 0. The molecule has 0 aromatic rings. The molecule has 1 amide bonds. The van der Waals surface area contributed by atoms with E-state index in [0.717, 1.165) is 0 Å². The topological polar surface area (TPSA) is 87.6 Å². The van der Waals surface area contributed by atoms with Gasteiger partial charge in [0.25, 0.3) is 0 Å². The summed E-state index contributed by atoms with van der Waals surface area (Å²) >= 11 is 0. The molecule has 5 nitrogen and oxygen atoms in total. The van der Waals surface area contributed by atoms with Gasteiger partial charge in [-0.1, -0.05) is 20.8 Å². The number of amides is 1. The van der Waals surface area contributed by atoms with E-state index in [-0.39, 0.29) is 17.7 Å². The van der Waals surface area contributed by atoms with Crippen LogP contribution >= 0.6 is 0 Å². The van der Waals surface area contributed by atoms with E-state index in [1.165, 1.54) is 0 Å². The molecule has 0 spiro atoms. The zero-order valence-corrected chi connectivity index (χ0v) is 11.9. The van der Waals surface area contributed by atoms with Gasteiger partial charge >= 0.3 is 6.09 Å². The Morgan fingerprint density at radius 1 is 1.38 bits per heavy atom. The summed E-state index contributed by atoms with van der Waals surface area (Å²) in [4.78, 5) is 10.5. The van der Waals surface area contributed by atoms with Crippen molar-refractivity contribution < 1.29 is 14.0 Å². The van der Waals surface area contributed by atoms with E-state index in [0.29, 0.717) is 6.54 Å². The number of rotatable bonds is 5. The first-order valence-electron chi connectivity index (χ1n) is 5.40. The lowest BCUT2D eigenvalue weighted by Crippen LogP contribution is -2.47.